The van der Waals surface area contributed by atoms with Crippen LogP contribution in [0.25, 0.3) is 0 Å². The van der Waals surface area contributed by atoms with E-state index >= 15 is 0 Å². The molecule has 0 spiro atoms. The second-order valence-electron chi connectivity index (χ2n) is 6.25. The van der Waals surface area contributed by atoms with Crippen molar-refractivity contribution in [3.8, 4) is 0 Å². The maximum atomic E-state index is 11.9. The zero-order valence-electron chi connectivity index (χ0n) is 14.1. The number of piperazine rings is 1. The minimum atomic E-state index is 0.112. The second-order valence-corrected chi connectivity index (χ2v) is 6.25. The molecule has 128 valence electrons. The molecule has 1 aromatic rings. The van der Waals surface area contributed by atoms with E-state index in [9.17, 15) is 4.79 Å². The van der Waals surface area contributed by atoms with Crippen LogP contribution in [-0.4, -0.2) is 61.3 Å². The standard InChI is InChI=1S/C18H29N3O2/c1-16(6-5-15-22)19-18(23)9-10-20-11-13-21(14-12-20)17-7-3-2-4-8-17/h2-4,7-8,16,22H,5-6,9-15H2,1H3,(H,19,23). The highest BCUT2D eigenvalue weighted by Gasteiger charge is 2.17. The third kappa shape index (κ3) is 6.20. The molecule has 1 heterocycles. The van der Waals surface area contributed by atoms with Crippen LogP contribution in [0.2, 0.25) is 0 Å². The molecule has 1 amide bonds. The van der Waals surface area contributed by atoms with Gasteiger partial charge < -0.3 is 15.3 Å². The number of benzene rings is 1. The Balaban J connectivity index is 1.64. The molecular weight excluding hydrogens is 290 g/mol. The Bertz CT molecular complexity index is 459. The van der Waals surface area contributed by atoms with E-state index in [4.69, 9.17) is 5.11 Å². The summed E-state index contributed by atoms with van der Waals surface area (Å²) >= 11 is 0. The van der Waals surface area contributed by atoms with Crippen LogP contribution in [0, 0.1) is 0 Å². The SMILES string of the molecule is CC(CCCO)NC(=O)CCN1CCN(c2ccccc2)CC1. The molecule has 2 N–H and O–H groups in total. The number of carbonyl (C=O) groups is 1. The number of rotatable bonds is 8. The fourth-order valence-electron chi connectivity index (χ4n) is 2.94. The van der Waals surface area contributed by atoms with Crippen molar-refractivity contribution in [1.29, 1.82) is 0 Å². The summed E-state index contributed by atoms with van der Waals surface area (Å²) in [4.78, 5) is 16.7. The molecule has 1 fully saturated rings. The molecular formula is C18H29N3O2. The van der Waals surface area contributed by atoms with Gasteiger partial charge in [-0.25, -0.2) is 0 Å². The van der Waals surface area contributed by atoms with Crippen LogP contribution in [0.15, 0.2) is 30.3 Å². The Kier molecular flexibility index (Phi) is 7.36. The first-order chi connectivity index (χ1) is 11.2. The summed E-state index contributed by atoms with van der Waals surface area (Å²) in [5.41, 5.74) is 1.28. The van der Waals surface area contributed by atoms with Crippen molar-refractivity contribution in [2.45, 2.75) is 32.2 Å². The molecule has 1 aromatic carbocycles. The summed E-state index contributed by atoms with van der Waals surface area (Å²) in [6.45, 7) is 7.03. The summed E-state index contributed by atoms with van der Waals surface area (Å²) in [6, 6.07) is 10.6. The van der Waals surface area contributed by atoms with Gasteiger partial charge in [-0.2, -0.15) is 0 Å². The molecule has 0 radical (unpaired) electrons. The van der Waals surface area contributed by atoms with Gasteiger partial charge >= 0.3 is 0 Å². The number of anilines is 1. The third-order valence-electron chi connectivity index (χ3n) is 4.35. The maximum Gasteiger partial charge on any atom is 0.221 e. The monoisotopic (exact) mass is 319 g/mol. The van der Waals surface area contributed by atoms with Crippen LogP contribution in [0.4, 0.5) is 5.69 Å². The fourth-order valence-corrected chi connectivity index (χ4v) is 2.94. The average molecular weight is 319 g/mol. The predicted molar refractivity (Wildman–Crippen MR) is 93.6 cm³/mol. The van der Waals surface area contributed by atoms with Crippen LogP contribution in [0.3, 0.4) is 0 Å². The van der Waals surface area contributed by atoms with Gasteiger partial charge in [-0.15, -0.1) is 0 Å². The van der Waals surface area contributed by atoms with Gasteiger partial charge in [0.15, 0.2) is 0 Å². The van der Waals surface area contributed by atoms with Crippen molar-refractivity contribution in [3.63, 3.8) is 0 Å². The molecule has 0 aliphatic carbocycles. The first kappa shape index (κ1) is 17.8. The molecule has 5 heteroatoms. The Morgan fingerprint density at radius 3 is 2.57 bits per heavy atom. The van der Waals surface area contributed by atoms with E-state index in [-0.39, 0.29) is 18.6 Å². The molecule has 1 aliphatic heterocycles. The number of hydrogen-bond donors (Lipinski definition) is 2. The number of carbonyl (C=O) groups excluding carboxylic acids is 1. The molecule has 23 heavy (non-hydrogen) atoms. The van der Waals surface area contributed by atoms with Gasteiger partial charge in [0.2, 0.25) is 5.91 Å². The lowest BCUT2D eigenvalue weighted by Gasteiger charge is -2.36. The first-order valence-electron chi connectivity index (χ1n) is 8.61. The average Bonchev–Trinajstić information content (AvgIpc) is 2.59. The smallest absolute Gasteiger partial charge is 0.221 e. The van der Waals surface area contributed by atoms with Crippen LogP contribution in [0.5, 0.6) is 0 Å². The number of aliphatic hydroxyl groups excluding tert-OH is 1. The summed E-state index contributed by atoms with van der Waals surface area (Å²) < 4.78 is 0. The highest BCUT2D eigenvalue weighted by atomic mass is 16.3. The van der Waals surface area contributed by atoms with Gasteiger partial charge in [0, 0.05) is 57.5 Å². The van der Waals surface area contributed by atoms with Crippen molar-refractivity contribution in [2.75, 3.05) is 44.2 Å². The molecule has 5 nitrogen and oxygen atoms in total. The van der Waals surface area contributed by atoms with Crippen LogP contribution >= 0.6 is 0 Å². The van der Waals surface area contributed by atoms with Crippen molar-refractivity contribution in [1.82, 2.24) is 10.2 Å². The van der Waals surface area contributed by atoms with Crippen LogP contribution in [0.1, 0.15) is 26.2 Å². The molecule has 1 aliphatic rings. The Labute approximate surface area is 139 Å². The fraction of sp³-hybridized carbons (Fsp3) is 0.611. The lowest BCUT2D eigenvalue weighted by molar-refractivity contribution is -0.122. The van der Waals surface area contributed by atoms with E-state index < -0.39 is 0 Å². The van der Waals surface area contributed by atoms with Gasteiger partial charge in [0.1, 0.15) is 0 Å². The summed E-state index contributed by atoms with van der Waals surface area (Å²) in [6.07, 6.45) is 2.12. The van der Waals surface area contributed by atoms with E-state index in [1.165, 1.54) is 5.69 Å². The topological polar surface area (TPSA) is 55.8 Å². The molecule has 0 bridgehead atoms. The molecule has 1 atom stereocenters. The zero-order chi connectivity index (χ0) is 16.5. The predicted octanol–water partition coefficient (Wildman–Crippen LogP) is 1.48. The molecule has 1 saturated heterocycles. The molecule has 0 aromatic heterocycles. The summed E-state index contributed by atoms with van der Waals surface area (Å²) in [7, 11) is 0. The molecule has 0 saturated carbocycles. The second kappa shape index (κ2) is 9.53. The minimum Gasteiger partial charge on any atom is -0.396 e. The van der Waals surface area contributed by atoms with E-state index in [2.05, 4.69) is 39.4 Å². The number of nitrogens with one attached hydrogen (secondary N) is 1. The normalized spacial score (nSPS) is 17.0. The van der Waals surface area contributed by atoms with Crippen LogP contribution in [-0.2, 0) is 4.79 Å². The van der Waals surface area contributed by atoms with Gasteiger partial charge in [-0.3, -0.25) is 9.69 Å². The van der Waals surface area contributed by atoms with Crippen molar-refractivity contribution in [3.05, 3.63) is 30.3 Å². The maximum absolute atomic E-state index is 11.9. The number of nitrogens with zero attached hydrogens (tertiary/aromatic N) is 2. The Hall–Kier alpha value is -1.59. The Morgan fingerprint density at radius 1 is 1.22 bits per heavy atom. The third-order valence-corrected chi connectivity index (χ3v) is 4.35. The van der Waals surface area contributed by atoms with Crippen LogP contribution < -0.4 is 10.2 Å². The van der Waals surface area contributed by atoms with Crippen molar-refractivity contribution in [2.24, 2.45) is 0 Å². The summed E-state index contributed by atoms with van der Waals surface area (Å²) in [5.74, 6) is 0.112. The van der Waals surface area contributed by atoms with E-state index in [0.29, 0.717) is 6.42 Å². The molecule has 1 unspecified atom stereocenters. The van der Waals surface area contributed by atoms with Gasteiger partial charge in [-0.05, 0) is 31.9 Å². The lowest BCUT2D eigenvalue weighted by atomic mass is 10.2. The zero-order valence-corrected chi connectivity index (χ0v) is 14.1. The minimum absolute atomic E-state index is 0.112. The number of para-hydroxylation sites is 1. The Morgan fingerprint density at radius 2 is 1.91 bits per heavy atom. The van der Waals surface area contributed by atoms with Crippen molar-refractivity contribution >= 4 is 11.6 Å². The number of hydrogen-bond acceptors (Lipinski definition) is 4. The highest BCUT2D eigenvalue weighted by Crippen LogP contribution is 2.15. The largest absolute Gasteiger partial charge is 0.396 e. The van der Waals surface area contributed by atoms with E-state index in [0.717, 1.165) is 45.6 Å². The van der Waals surface area contributed by atoms with Gasteiger partial charge in [0.05, 0.1) is 0 Å². The quantitative estimate of drug-likeness (QED) is 0.762. The van der Waals surface area contributed by atoms with Gasteiger partial charge in [0.25, 0.3) is 0 Å². The highest BCUT2D eigenvalue weighted by molar-refractivity contribution is 5.76. The van der Waals surface area contributed by atoms with E-state index in [1.54, 1.807) is 0 Å². The van der Waals surface area contributed by atoms with Crippen molar-refractivity contribution < 1.29 is 9.90 Å². The van der Waals surface area contributed by atoms with E-state index in [1.807, 2.05) is 13.0 Å². The first-order valence-corrected chi connectivity index (χ1v) is 8.61. The lowest BCUT2D eigenvalue weighted by Crippen LogP contribution is -2.47. The number of aliphatic hydroxyl groups is 1. The molecule has 2 rings (SSSR count). The summed E-state index contributed by atoms with van der Waals surface area (Å²) in [5, 5.41) is 11.8. The number of amides is 1. The van der Waals surface area contributed by atoms with Gasteiger partial charge in [-0.1, -0.05) is 18.2 Å².